The van der Waals surface area contributed by atoms with E-state index in [1.54, 1.807) is 0 Å². The topological polar surface area (TPSA) is 66.8 Å². The Morgan fingerprint density at radius 3 is 2.30 bits per heavy atom. The molecular formula is C15H18F3NO4. The van der Waals surface area contributed by atoms with E-state index < -0.39 is 24.3 Å². The molecule has 1 aromatic carbocycles. The number of hydrogen-bond donors (Lipinski definition) is 1. The number of carboxylic acids is 1. The molecule has 1 rings (SSSR count). The van der Waals surface area contributed by atoms with Crippen LogP contribution in [0.3, 0.4) is 0 Å². The fourth-order valence-corrected chi connectivity index (χ4v) is 1.94. The Labute approximate surface area is 131 Å². The zero-order valence-electron chi connectivity index (χ0n) is 12.6. The molecule has 0 aliphatic heterocycles. The standard InChI is InChI=1S/C15H18F3NO4/c1-23-8-2-3-13(20)19(10-14(21)22)9-11-4-6-12(7-5-11)15(16,17)18/h4-7H,2-3,8-10H2,1H3,(H,21,22). The van der Waals surface area contributed by atoms with E-state index in [0.717, 1.165) is 17.0 Å². The molecule has 1 N–H and O–H groups in total. The van der Waals surface area contributed by atoms with Crippen LogP contribution in [0.5, 0.6) is 0 Å². The lowest BCUT2D eigenvalue weighted by Gasteiger charge is -2.21. The second kappa shape index (κ2) is 8.52. The number of ether oxygens (including phenoxy) is 1. The zero-order chi connectivity index (χ0) is 17.5. The third kappa shape index (κ3) is 6.68. The molecule has 5 nitrogen and oxygen atoms in total. The van der Waals surface area contributed by atoms with Gasteiger partial charge in [0.2, 0.25) is 5.91 Å². The molecule has 0 saturated carbocycles. The third-order valence-electron chi connectivity index (χ3n) is 3.07. The van der Waals surface area contributed by atoms with Crippen LogP contribution < -0.4 is 0 Å². The number of halogens is 3. The van der Waals surface area contributed by atoms with Gasteiger partial charge in [-0.25, -0.2) is 0 Å². The summed E-state index contributed by atoms with van der Waals surface area (Å²) in [6.07, 6.45) is -3.88. The van der Waals surface area contributed by atoms with Crippen molar-refractivity contribution >= 4 is 11.9 Å². The minimum atomic E-state index is -4.44. The first-order valence-corrected chi connectivity index (χ1v) is 6.88. The van der Waals surface area contributed by atoms with Crippen molar-refractivity contribution in [1.82, 2.24) is 4.90 Å². The van der Waals surface area contributed by atoms with Crippen molar-refractivity contribution in [2.45, 2.75) is 25.6 Å². The largest absolute Gasteiger partial charge is 0.480 e. The highest BCUT2D eigenvalue weighted by Crippen LogP contribution is 2.29. The Bertz CT molecular complexity index is 529. The molecule has 0 aliphatic rings. The summed E-state index contributed by atoms with van der Waals surface area (Å²) in [5.41, 5.74) is -0.364. The average Bonchev–Trinajstić information content (AvgIpc) is 2.46. The van der Waals surface area contributed by atoms with Gasteiger partial charge >= 0.3 is 12.1 Å². The highest BCUT2D eigenvalue weighted by atomic mass is 19.4. The van der Waals surface area contributed by atoms with E-state index >= 15 is 0 Å². The molecular weight excluding hydrogens is 315 g/mol. The lowest BCUT2D eigenvalue weighted by molar-refractivity contribution is -0.145. The lowest BCUT2D eigenvalue weighted by atomic mass is 10.1. The Morgan fingerprint density at radius 1 is 1.22 bits per heavy atom. The van der Waals surface area contributed by atoms with E-state index in [1.807, 2.05) is 0 Å². The quantitative estimate of drug-likeness (QED) is 0.743. The summed E-state index contributed by atoms with van der Waals surface area (Å²) in [4.78, 5) is 24.0. The number of hydrogen-bond acceptors (Lipinski definition) is 3. The highest BCUT2D eigenvalue weighted by molar-refractivity contribution is 5.81. The molecule has 0 radical (unpaired) electrons. The van der Waals surface area contributed by atoms with E-state index in [2.05, 4.69) is 0 Å². The summed E-state index contributed by atoms with van der Waals surface area (Å²) in [5.74, 6) is -1.57. The summed E-state index contributed by atoms with van der Waals surface area (Å²) < 4.78 is 42.3. The zero-order valence-corrected chi connectivity index (χ0v) is 12.6. The minimum Gasteiger partial charge on any atom is -0.480 e. The lowest BCUT2D eigenvalue weighted by Crippen LogP contribution is -2.35. The van der Waals surface area contributed by atoms with E-state index in [1.165, 1.54) is 19.2 Å². The Balaban J connectivity index is 2.76. The molecule has 0 heterocycles. The molecule has 0 bridgehead atoms. The van der Waals surface area contributed by atoms with Crippen molar-refractivity contribution in [3.63, 3.8) is 0 Å². The van der Waals surface area contributed by atoms with Gasteiger partial charge < -0.3 is 14.7 Å². The molecule has 0 fully saturated rings. The van der Waals surface area contributed by atoms with Crippen LogP contribution in [0.25, 0.3) is 0 Å². The first-order valence-electron chi connectivity index (χ1n) is 6.88. The Hall–Kier alpha value is -2.09. The maximum absolute atomic E-state index is 12.5. The molecule has 0 unspecified atom stereocenters. The SMILES string of the molecule is COCCCC(=O)N(CC(=O)O)Cc1ccc(C(F)(F)F)cc1. The monoisotopic (exact) mass is 333 g/mol. The number of methoxy groups -OCH3 is 1. The number of carbonyl (C=O) groups is 2. The van der Waals surface area contributed by atoms with Crippen molar-refractivity contribution in [2.75, 3.05) is 20.3 Å². The average molecular weight is 333 g/mol. The highest BCUT2D eigenvalue weighted by Gasteiger charge is 2.30. The van der Waals surface area contributed by atoms with Crippen LogP contribution in [0, 0.1) is 0 Å². The summed E-state index contributed by atoms with van der Waals surface area (Å²) in [6, 6.07) is 4.29. The summed E-state index contributed by atoms with van der Waals surface area (Å²) in [7, 11) is 1.49. The Kier molecular flexibility index (Phi) is 7.02. The van der Waals surface area contributed by atoms with Crippen LogP contribution in [0.2, 0.25) is 0 Å². The molecule has 0 saturated heterocycles. The fourth-order valence-electron chi connectivity index (χ4n) is 1.94. The molecule has 0 spiro atoms. The molecule has 1 aromatic rings. The number of carboxylic acid groups (broad SMARTS) is 1. The maximum Gasteiger partial charge on any atom is 0.416 e. The van der Waals surface area contributed by atoms with Gasteiger partial charge in [0.25, 0.3) is 0 Å². The second-order valence-electron chi connectivity index (χ2n) is 4.93. The first-order chi connectivity index (χ1) is 10.7. The normalized spacial score (nSPS) is 11.3. The molecule has 0 atom stereocenters. The predicted octanol–water partition coefficient (Wildman–Crippen LogP) is 2.55. The molecule has 8 heteroatoms. The van der Waals surface area contributed by atoms with E-state index in [-0.39, 0.29) is 18.9 Å². The fraction of sp³-hybridized carbons (Fsp3) is 0.467. The van der Waals surface area contributed by atoms with Crippen LogP contribution in [0.4, 0.5) is 13.2 Å². The van der Waals surface area contributed by atoms with E-state index in [9.17, 15) is 22.8 Å². The predicted molar refractivity (Wildman–Crippen MR) is 75.6 cm³/mol. The van der Waals surface area contributed by atoms with Gasteiger partial charge in [0, 0.05) is 26.7 Å². The van der Waals surface area contributed by atoms with Gasteiger partial charge in [0.1, 0.15) is 6.54 Å². The van der Waals surface area contributed by atoms with Gasteiger partial charge in [0.05, 0.1) is 5.56 Å². The van der Waals surface area contributed by atoms with Gasteiger partial charge in [0.15, 0.2) is 0 Å². The number of nitrogens with zero attached hydrogens (tertiary/aromatic N) is 1. The second-order valence-corrected chi connectivity index (χ2v) is 4.93. The summed E-state index contributed by atoms with van der Waals surface area (Å²) in [5, 5.41) is 8.87. The molecule has 23 heavy (non-hydrogen) atoms. The van der Waals surface area contributed by atoms with Crippen molar-refractivity contribution < 1.29 is 32.6 Å². The molecule has 0 aromatic heterocycles. The number of alkyl halides is 3. The number of aliphatic carboxylic acids is 1. The van der Waals surface area contributed by atoms with Crippen LogP contribution in [0.15, 0.2) is 24.3 Å². The molecule has 128 valence electrons. The number of amides is 1. The Morgan fingerprint density at radius 2 is 1.83 bits per heavy atom. The van der Waals surface area contributed by atoms with Gasteiger partial charge in [-0.05, 0) is 24.1 Å². The van der Waals surface area contributed by atoms with Gasteiger partial charge in [-0.3, -0.25) is 9.59 Å². The van der Waals surface area contributed by atoms with Crippen molar-refractivity contribution in [2.24, 2.45) is 0 Å². The van der Waals surface area contributed by atoms with Crippen molar-refractivity contribution in [1.29, 1.82) is 0 Å². The summed E-state index contributed by atoms with van der Waals surface area (Å²) in [6.45, 7) is -0.198. The van der Waals surface area contributed by atoms with Gasteiger partial charge in [-0.2, -0.15) is 13.2 Å². The number of benzene rings is 1. The molecule has 0 aliphatic carbocycles. The van der Waals surface area contributed by atoms with Crippen LogP contribution >= 0.6 is 0 Å². The van der Waals surface area contributed by atoms with Gasteiger partial charge in [-0.1, -0.05) is 12.1 Å². The third-order valence-corrected chi connectivity index (χ3v) is 3.07. The smallest absolute Gasteiger partial charge is 0.416 e. The maximum atomic E-state index is 12.5. The molecule has 1 amide bonds. The van der Waals surface area contributed by atoms with Crippen LogP contribution in [-0.4, -0.2) is 42.1 Å². The van der Waals surface area contributed by atoms with Crippen LogP contribution in [0.1, 0.15) is 24.0 Å². The minimum absolute atomic E-state index is 0.0593. The number of carbonyl (C=O) groups excluding carboxylic acids is 1. The summed E-state index contributed by atoms with van der Waals surface area (Å²) >= 11 is 0. The van der Waals surface area contributed by atoms with E-state index in [0.29, 0.717) is 18.6 Å². The van der Waals surface area contributed by atoms with Gasteiger partial charge in [-0.15, -0.1) is 0 Å². The van der Waals surface area contributed by atoms with Crippen molar-refractivity contribution in [3.05, 3.63) is 35.4 Å². The van der Waals surface area contributed by atoms with E-state index in [4.69, 9.17) is 9.84 Å². The number of rotatable bonds is 8. The first kappa shape index (κ1) is 19.0. The van der Waals surface area contributed by atoms with Crippen molar-refractivity contribution in [3.8, 4) is 0 Å². The van der Waals surface area contributed by atoms with Crippen LogP contribution in [-0.2, 0) is 27.0 Å².